The maximum absolute atomic E-state index is 12.0. The van der Waals surface area contributed by atoms with Crippen molar-refractivity contribution in [2.45, 2.75) is 6.61 Å². The Bertz CT molecular complexity index is 988. The van der Waals surface area contributed by atoms with Crippen LogP contribution in [0.15, 0.2) is 42.7 Å². The summed E-state index contributed by atoms with van der Waals surface area (Å²) in [4.78, 5) is 28.1. The molecule has 0 aliphatic rings. The van der Waals surface area contributed by atoms with Gasteiger partial charge in [0.25, 0.3) is 5.91 Å². The van der Waals surface area contributed by atoms with Gasteiger partial charge in [0, 0.05) is 18.0 Å². The number of hydrogen-bond donors (Lipinski definition) is 1. The quantitative estimate of drug-likeness (QED) is 0.648. The van der Waals surface area contributed by atoms with Gasteiger partial charge in [-0.05, 0) is 30.3 Å². The zero-order chi connectivity index (χ0) is 18.7. The van der Waals surface area contributed by atoms with Gasteiger partial charge in [0.15, 0.2) is 0 Å². The standard InChI is InChI=1S/C17H12Cl3N3O3/c18-11-2-4-15-22-12(8-23(15)7-11)9-26-16(24)6-21-17(25)10-1-3-13(19)14(20)5-10/h1-5,7-8H,6,9H2,(H,21,25). The molecule has 1 N–H and O–H groups in total. The molecule has 0 saturated carbocycles. The number of hydrogen-bond acceptors (Lipinski definition) is 4. The number of benzene rings is 1. The van der Waals surface area contributed by atoms with Crippen LogP contribution in [0.1, 0.15) is 16.1 Å². The average Bonchev–Trinajstić information content (AvgIpc) is 3.02. The zero-order valence-corrected chi connectivity index (χ0v) is 15.5. The third kappa shape index (κ3) is 4.46. The van der Waals surface area contributed by atoms with Crippen LogP contribution in [0, 0.1) is 0 Å². The summed E-state index contributed by atoms with van der Waals surface area (Å²) in [6, 6.07) is 7.92. The highest BCUT2D eigenvalue weighted by Crippen LogP contribution is 2.22. The van der Waals surface area contributed by atoms with Crippen LogP contribution >= 0.6 is 34.8 Å². The lowest BCUT2D eigenvalue weighted by Gasteiger charge is -2.06. The predicted octanol–water partition coefficient (Wildman–Crippen LogP) is 3.77. The van der Waals surface area contributed by atoms with Gasteiger partial charge in [0.05, 0.1) is 20.8 Å². The molecule has 0 spiro atoms. The molecule has 0 bridgehead atoms. The maximum Gasteiger partial charge on any atom is 0.325 e. The smallest absolute Gasteiger partial charge is 0.325 e. The van der Waals surface area contributed by atoms with Crippen molar-refractivity contribution in [1.82, 2.24) is 14.7 Å². The summed E-state index contributed by atoms with van der Waals surface area (Å²) in [6.45, 7) is -0.293. The first-order chi connectivity index (χ1) is 12.4. The largest absolute Gasteiger partial charge is 0.458 e. The Morgan fingerprint density at radius 1 is 1.08 bits per heavy atom. The highest BCUT2D eigenvalue weighted by atomic mass is 35.5. The SMILES string of the molecule is O=C(CNC(=O)c1ccc(Cl)c(Cl)c1)OCc1cn2cc(Cl)ccc2n1. The summed E-state index contributed by atoms with van der Waals surface area (Å²) < 4.78 is 6.84. The number of carbonyl (C=O) groups is 2. The van der Waals surface area contributed by atoms with Crippen LogP contribution in [-0.4, -0.2) is 27.8 Å². The van der Waals surface area contributed by atoms with Crippen molar-refractivity contribution in [1.29, 1.82) is 0 Å². The highest BCUT2D eigenvalue weighted by Gasteiger charge is 2.11. The topological polar surface area (TPSA) is 72.7 Å². The Hall–Kier alpha value is -2.28. The molecule has 1 amide bonds. The Labute approximate surface area is 163 Å². The summed E-state index contributed by atoms with van der Waals surface area (Å²) >= 11 is 17.6. The molecular formula is C17H12Cl3N3O3. The van der Waals surface area contributed by atoms with Crippen molar-refractivity contribution in [2.24, 2.45) is 0 Å². The lowest BCUT2D eigenvalue weighted by Crippen LogP contribution is -2.30. The van der Waals surface area contributed by atoms with E-state index in [2.05, 4.69) is 10.3 Å². The second-order valence-electron chi connectivity index (χ2n) is 5.32. The molecule has 134 valence electrons. The maximum atomic E-state index is 12.0. The Kier molecular flexibility index (Phi) is 5.66. The Morgan fingerprint density at radius 3 is 2.65 bits per heavy atom. The number of aromatic nitrogens is 2. The molecule has 0 aliphatic carbocycles. The molecule has 3 rings (SSSR count). The molecule has 0 aliphatic heterocycles. The van der Waals surface area contributed by atoms with E-state index in [0.29, 0.717) is 26.9 Å². The molecule has 9 heteroatoms. The van der Waals surface area contributed by atoms with Crippen molar-refractivity contribution in [3.63, 3.8) is 0 Å². The van der Waals surface area contributed by atoms with Gasteiger partial charge in [-0.3, -0.25) is 9.59 Å². The summed E-state index contributed by atoms with van der Waals surface area (Å²) in [6.07, 6.45) is 3.41. The third-order valence-electron chi connectivity index (χ3n) is 3.42. The lowest BCUT2D eigenvalue weighted by molar-refractivity contribution is -0.143. The van der Waals surface area contributed by atoms with Crippen molar-refractivity contribution in [2.75, 3.05) is 6.54 Å². The molecule has 3 aromatic rings. The van der Waals surface area contributed by atoms with E-state index < -0.39 is 11.9 Å². The van der Waals surface area contributed by atoms with E-state index in [1.807, 2.05) is 0 Å². The molecule has 0 fully saturated rings. The van der Waals surface area contributed by atoms with E-state index in [4.69, 9.17) is 39.5 Å². The van der Waals surface area contributed by atoms with E-state index in [1.165, 1.54) is 18.2 Å². The fourth-order valence-corrected chi connectivity index (χ4v) is 2.65. The molecule has 6 nitrogen and oxygen atoms in total. The van der Waals surface area contributed by atoms with E-state index in [-0.39, 0.29) is 18.2 Å². The number of pyridine rings is 1. The van der Waals surface area contributed by atoms with E-state index in [0.717, 1.165) is 0 Å². The first-order valence-corrected chi connectivity index (χ1v) is 8.58. The van der Waals surface area contributed by atoms with Crippen LogP contribution in [0.2, 0.25) is 15.1 Å². The molecule has 0 radical (unpaired) electrons. The number of amides is 1. The monoisotopic (exact) mass is 411 g/mol. The first-order valence-electron chi connectivity index (χ1n) is 7.44. The molecule has 0 atom stereocenters. The van der Waals surface area contributed by atoms with Gasteiger partial charge in [-0.25, -0.2) is 4.98 Å². The fraction of sp³-hybridized carbons (Fsp3) is 0.118. The van der Waals surface area contributed by atoms with Gasteiger partial charge < -0.3 is 14.5 Å². The molecule has 26 heavy (non-hydrogen) atoms. The zero-order valence-electron chi connectivity index (χ0n) is 13.2. The van der Waals surface area contributed by atoms with Crippen LogP contribution in [0.3, 0.4) is 0 Å². The highest BCUT2D eigenvalue weighted by molar-refractivity contribution is 6.42. The van der Waals surface area contributed by atoms with Gasteiger partial charge in [0.1, 0.15) is 18.8 Å². The van der Waals surface area contributed by atoms with Gasteiger partial charge in [0.2, 0.25) is 0 Å². The number of imidazole rings is 1. The number of ether oxygens (including phenoxy) is 1. The lowest BCUT2D eigenvalue weighted by atomic mass is 10.2. The number of esters is 1. The second-order valence-corrected chi connectivity index (χ2v) is 6.57. The van der Waals surface area contributed by atoms with Crippen LogP contribution in [-0.2, 0) is 16.1 Å². The average molecular weight is 413 g/mol. The van der Waals surface area contributed by atoms with Gasteiger partial charge >= 0.3 is 5.97 Å². The molecule has 2 heterocycles. The Morgan fingerprint density at radius 2 is 1.88 bits per heavy atom. The summed E-state index contributed by atoms with van der Waals surface area (Å²) in [5.74, 6) is -1.05. The van der Waals surface area contributed by atoms with Crippen molar-refractivity contribution in [3.05, 3.63) is 69.1 Å². The number of fused-ring (bicyclic) bond motifs is 1. The molecule has 1 aromatic carbocycles. The second kappa shape index (κ2) is 7.95. The van der Waals surface area contributed by atoms with Gasteiger partial charge in [-0.15, -0.1) is 0 Å². The molecule has 2 aromatic heterocycles. The molecule has 0 unspecified atom stereocenters. The fourth-order valence-electron chi connectivity index (χ4n) is 2.18. The van der Waals surface area contributed by atoms with Crippen molar-refractivity contribution in [3.8, 4) is 0 Å². The summed E-state index contributed by atoms with van der Waals surface area (Å²) in [5.41, 5.74) is 1.55. The molecule has 0 saturated heterocycles. The van der Waals surface area contributed by atoms with Crippen LogP contribution in [0.4, 0.5) is 0 Å². The summed E-state index contributed by atoms with van der Waals surface area (Å²) in [7, 11) is 0. The van der Waals surface area contributed by atoms with Crippen LogP contribution in [0.5, 0.6) is 0 Å². The van der Waals surface area contributed by atoms with E-state index in [1.54, 1.807) is 28.9 Å². The minimum absolute atomic E-state index is 0.0131. The minimum atomic E-state index is -0.589. The number of nitrogens with one attached hydrogen (secondary N) is 1. The molecular weight excluding hydrogens is 401 g/mol. The number of nitrogens with zero attached hydrogens (tertiary/aromatic N) is 2. The van der Waals surface area contributed by atoms with E-state index in [9.17, 15) is 9.59 Å². The van der Waals surface area contributed by atoms with Crippen molar-refractivity contribution < 1.29 is 14.3 Å². The number of rotatable bonds is 5. The van der Waals surface area contributed by atoms with Crippen molar-refractivity contribution >= 4 is 52.3 Å². The van der Waals surface area contributed by atoms with Crippen LogP contribution < -0.4 is 5.32 Å². The summed E-state index contributed by atoms with van der Waals surface area (Å²) in [5, 5.41) is 3.63. The first kappa shape index (κ1) is 18.5. The number of halogens is 3. The number of carbonyl (C=O) groups excluding carboxylic acids is 2. The predicted molar refractivity (Wildman–Crippen MR) is 98.8 cm³/mol. The normalized spacial score (nSPS) is 10.7. The van der Waals surface area contributed by atoms with Gasteiger partial charge in [-0.2, -0.15) is 0 Å². The van der Waals surface area contributed by atoms with Crippen LogP contribution in [0.25, 0.3) is 5.65 Å². The minimum Gasteiger partial charge on any atom is -0.458 e. The van der Waals surface area contributed by atoms with Gasteiger partial charge in [-0.1, -0.05) is 34.8 Å². The third-order valence-corrected chi connectivity index (χ3v) is 4.38. The Balaban J connectivity index is 1.51. The van der Waals surface area contributed by atoms with E-state index >= 15 is 0 Å².